The molecule has 2 aromatic rings. The molecule has 1 aliphatic carbocycles. The summed E-state index contributed by atoms with van der Waals surface area (Å²) in [7, 11) is -1.96. The number of rotatable bonds is 5. The van der Waals surface area contributed by atoms with E-state index in [2.05, 4.69) is 21.0 Å². The molecule has 6 nitrogen and oxygen atoms in total. The largest absolute Gasteiger partial charge is 0.496 e. The van der Waals surface area contributed by atoms with Crippen LogP contribution in [0.5, 0.6) is 5.75 Å². The van der Waals surface area contributed by atoms with E-state index in [9.17, 15) is 8.42 Å². The second-order valence-corrected chi connectivity index (χ2v) is 9.65. The van der Waals surface area contributed by atoms with Gasteiger partial charge in [0.25, 0.3) is 0 Å². The number of fused-ring (bicyclic) bond motifs is 1. The summed E-state index contributed by atoms with van der Waals surface area (Å²) >= 11 is 5.97. The van der Waals surface area contributed by atoms with Crippen LogP contribution in [0.1, 0.15) is 17.5 Å². The summed E-state index contributed by atoms with van der Waals surface area (Å²) in [5, 5.41) is 3.79. The summed E-state index contributed by atoms with van der Waals surface area (Å²) < 4.78 is 34.1. The summed E-state index contributed by atoms with van der Waals surface area (Å²) in [6, 6.07) is 10.3. The van der Waals surface area contributed by atoms with Crippen LogP contribution in [0.25, 0.3) is 0 Å². The molecule has 0 aromatic heterocycles. The Labute approximate surface area is 177 Å². The SMILES string of the molecule is COc1ccc(N2CCNCC2)c2c1C[C@@H](NS(=O)(=O)c1cccc(Cl)c1)CC2. The Balaban J connectivity index is 1.59. The Kier molecular flexibility index (Phi) is 6.01. The Morgan fingerprint density at radius 2 is 1.97 bits per heavy atom. The Hall–Kier alpha value is -1.80. The predicted octanol–water partition coefficient (Wildman–Crippen LogP) is 2.59. The van der Waals surface area contributed by atoms with Gasteiger partial charge in [-0.1, -0.05) is 17.7 Å². The normalized spacial score (nSPS) is 19.7. The van der Waals surface area contributed by atoms with Crippen LogP contribution >= 0.6 is 11.6 Å². The fraction of sp³-hybridized carbons (Fsp3) is 0.429. The summed E-state index contributed by atoms with van der Waals surface area (Å²) in [4.78, 5) is 2.60. The molecular formula is C21H26ClN3O3S. The zero-order chi connectivity index (χ0) is 20.4. The van der Waals surface area contributed by atoms with Crippen LogP contribution in [-0.4, -0.2) is 47.7 Å². The van der Waals surface area contributed by atoms with Crippen molar-refractivity contribution >= 4 is 27.3 Å². The van der Waals surface area contributed by atoms with Gasteiger partial charge in [-0.05, 0) is 55.2 Å². The Morgan fingerprint density at radius 1 is 1.17 bits per heavy atom. The van der Waals surface area contributed by atoms with Gasteiger partial charge in [0, 0.05) is 48.5 Å². The lowest BCUT2D eigenvalue weighted by Crippen LogP contribution is -2.44. The molecule has 0 bridgehead atoms. The fourth-order valence-corrected chi connectivity index (χ4v) is 5.82. The Morgan fingerprint density at radius 3 is 2.69 bits per heavy atom. The summed E-state index contributed by atoms with van der Waals surface area (Å²) in [5.41, 5.74) is 3.64. The van der Waals surface area contributed by atoms with E-state index in [1.807, 2.05) is 6.07 Å². The molecule has 1 aliphatic heterocycles. The van der Waals surface area contributed by atoms with Crippen LogP contribution < -0.4 is 19.7 Å². The molecule has 1 fully saturated rings. The first-order chi connectivity index (χ1) is 14.0. The van der Waals surface area contributed by atoms with E-state index < -0.39 is 10.0 Å². The van der Waals surface area contributed by atoms with Gasteiger partial charge in [-0.25, -0.2) is 13.1 Å². The van der Waals surface area contributed by atoms with Gasteiger partial charge in [-0.3, -0.25) is 0 Å². The highest BCUT2D eigenvalue weighted by atomic mass is 35.5. The molecule has 0 unspecified atom stereocenters. The minimum atomic E-state index is -3.63. The van der Waals surface area contributed by atoms with Crippen molar-refractivity contribution in [3.8, 4) is 5.75 Å². The minimum absolute atomic E-state index is 0.182. The molecule has 0 saturated carbocycles. The number of hydrogen-bond donors (Lipinski definition) is 2. The molecule has 1 heterocycles. The van der Waals surface area contributed by atoms with Crippen LogP contribution in [0.3, 0.4) is 0 Å². The molecule has 1 saturated heterocycles. The average molecular weight is 436 g/mol. The third kappa shape index (κ3) is 4.38. The number of nitrogens with one attached hydrogen (secondary N) is 2. The van der Waals surface area contributed by atoms with Crippen molar-refractivity contribution in [2.24, 2.45) is 0 Å². The lowest BCUT2D eigenvalue weighted by molar-refractivity contribution is 0.400. The van der Waals surface area contributed by atoms with E-state index in [1.54, 1.807) is 25.3 Å². The van der Waals surface area contributed by atoms with Gasteiger partial charge < -0.3 is 15.0 Å². The van der Waals surface area contributed by atoms with Crippen LogP contribution in [0.15, 0.2) is 41.3 Å². The number of methoxy groups -OCH3 is 1. The molecular weight excluding hydrogens is 410 g/mol. The number of halogens is 1. The third-order valence-electron chi connectivity index (χ3n) is 5.66. The molecule has 8 heteroatoms. The van der Waals surface area contributed by atoms with E-state index in [-0.39, 0.29) is 10.9 Å². The second-order valence-electron chi connectivity index (χ2n) is 7.50. The smallest absolute Gasteiger partial charge is 0.240 e. The first-order valence-corrected chi connectivity index (χ1v) is 11.8. The van der Waals surface area contributed by atoms with Gasteiger partial charge in [0.2, 0.25) is 10.0 Å². The first-order valence-electron chi connectivity index (χ1n) is 9.90. The van der Waals surface area contributed by atoms with Crippen LogP contribution in [0, 0.1) is 0 Å². The maximum atomic E-state index is 12.8. The van der Waals surface area contributed by atoms with Crippen LogP contribution in [-0.2, 0) is 22.9 Å². The molecule has 1 atom stereocenters. The molecule has 2 N–H and O–H groups in total. The molecule has 4 rings (SSSR count). The lowest BCUT2D eigenvalue weighted by atomic mass is 9.86. The van der Waals surface area contributed by atoms with E-state index in [0.717, 1.165) is 50.3 Å². The maximum Gasteiger partial charge on any atom is 0.240 e. The number of benzene rings is 2. The second kappa shape index (κ2) is 8.52. The van der Waals surface area contributed by atoms with Crippen molar-refractivity contribution in [3.05, 3.63) is 52.5 Å². The standard InChI is InChI=1S/C21H26ClN3O3S/c1-28-21-8-7-20(25-11-9-23-10-12-25)18-6-5-16(14-19(18)21)24-29(26,27)17-4-2-3-15(22)13-17/h2-4,7-8,13,16,23-24H,5-6,9-12,14H2,1H3/t16-/m0/s1. The van der Waals surface area contributed by atoms with Crippen molar-refractivity contribution < 1.29 is 13.2 Å². The van der Waals surface area contributed by atoms with Crippen molar-refractivity contribution in [1.82, 2.24) is 10.0 Å². The van der Waals surface area contributed by atoms with E-state index in [4.69, 9.17) is 16.3 Å². The molecule has 0 spiro atoms. The maximum absolute atomic E-state index is 12.8. The predicted molar refractivity (Wildman–Crippen MR) is 116 cm³/mol. The van der Waals surface area contributed by atoms with Crippen LogP contribution in [0.2, 0.25) is 5.02 Å². The first kappa shape index (κ1) is 20.5. The quantitative estimate of drug-likeness (QED) is 0.755. The zero-order valence-corrected chi connectivity index (χ0v) is 18.0. The van der Waals surface area contributed by atoms with Crippen LogP contribution in [0.4, 0.5) is 5.69 Å². The number of ether oxygens (including phenoxy) is 1. The summed E-state index contributed by atoms with van der Waals surface area (Å²) in [6.07, 6.45) is 2.17. The van der Waals surface area contributed by atoms with E-state index >= 15 is 0 Å². The van der Waals surface area contributed by atoms with Gasteiger partial charge in [0.15, 0.2) is 0 Å². The average Bonchev–Trinajstić information content (AvgIpc) is 2.73. The highest BCUT2D eigenvalue weighted by Gasteiger charge is 2.29. The number of nitrogens with zero attached hydrogens (tertiary/aromatic N) is 1. The van der Waals surface area contributed by atoms with Crippen molar-refractivity contribution in [3.63, 3.8) is 0 Å². The lowest BCUT2D eigenvalue weighted by Gasteiger charge is -2.35. The van der Waals surface area contributed by atoms with Gasteiger partial charge in [0.05, 0.1) is 12.0 Å². The highest BCUT2D eigenvalue weighted by molar-refractivity contribution is 7.89. The monoisotopic (exact) mass is 435 g/mol. The minimum Gasteiger partial charge on any atom is -0.496 e. The van der Waals surface area contributed by atoms with E-state index in [1.165, 1.54) is 17.3 Å². The van der Waals surface area contributed by atoms with Crippen molar-refractivity contribution in [2.45, 2.75) is 30.2 Å². The number of anilines is 1. The van der Waals surface area contributed by atoms with Gasteiger partial charge in [-0.15, -0.1) is 0 Å². The van der Waals surface area contributed by atoms with Crippen molar-refractivity contribution in [1.29, 1.82) is 0 Å². The highest BCUT2D eigenvalue weighted by Crippen LogP contribution is 2.37. The summed E-state index contributed by atoms with van der Waals surface area (Å²) in [6.45, 7) is 3.90. The third-order valence-corrected chi connectivity index (χ3v) is 7.42. The topological polar surface area (TPSA) is 70.7 Å². The zero-order valence-electron chi connectivity index (χ0n) is 16.4. The van der Waals surface area contributed by atoms with Gasteiger partial charge in [-0.2, -0.15) is 0 Å². The molecule has 2 aromatic carbocycles. The number of piperazine rings is 1. The molecule has 156 valence electrons. The number of hydrogen-bond acceptors (Lipinski definition) is 5. The van der Waals surface area contributed by atoms with Gasteiger partial charge in [0.1, 0.15) is 5.75 Å². The number of sulfonamides is 1. The van der Waals surface area contributed by atoms with Gasteiger partial charge >= 0.3 is 0 Å². The molecule has 0 radical (unpaired) electrons. The summed E-state index contributed by atoms with van der Waals surface area (Å²) in [5.74, 6) is 0.825. The van der Waals surface area contributed by atoms with E-state index in [0.29, 0.717) is 11.4 Å². The molecule has 2 aliphatic rings. The molecule has 29 heavy (non-hydrogen) atoms. The fourth-order valence-electron chi connectivity index (χ4n) is 4.24. The Bertz CT molecular complexity index is 991. The van der Waals surface area contributed by atoms with Crippen molar-refractivity contribution in [2.75, 3.05) is 38.2 Å². The molecule has 0 amide bonds.